The third kappa shape index (κ3) is 5.93. The van der Waals surface area contributed by atoms with Crippen LogP contribution < -0.4 is 10.6 Å². The molecule has 0 saturated carbocycles. The Bertz CT molecular complexity index is 614. The summed E-state index contributed by atoms with van der Waals surface area (Å²) in [5.41, 5.74) is 1.97. The molecule has 0 spiro atoms. The average Bonchev–Trinajstić information content (AvgIpc) is 2.54. The maximum Gasteiger partial charge on any atom is 0.319 e. The Morgan fingerprint density at radius 2 is 1.74 bits per heavy atom. The van der Waals surface area contributed by atoms with E-state index in [2.05, 4.69) is 27.7 Å². The lowest BCUT2D eigenvalue weighted by molar-refractivity contribution is 0.242. The molecule has 0 aliphatic heterocycles. The first-order valence-electron chi connectivity index (χ1n) is 7.55. The number of likely N-dealkylation sites (N-methyl/N-ethyl adjacent to an activating group) is 1. The van der Waals surface area contributed by atoms with Crippen molar-refractivity contribution in [3.63, 3.8) is 0 Å². The van der Waals surface area contributed by atoms with Crippen LogP contribution in [0.2, 0.25) is 5.02 Å². The first-order chi connectivity index (χ1) is 11.0. The number of anilines is 1. The molecule has 2 amide bonds. The predicted octanol–water partition coefficient (Wildman–Crippen LogP) is 3.63. The Morgan fingerprint density at radius 1 is 1.09 bits per heavy atom. The number of hydrogen-bond acceptors (Lipinski definition) is 2. The maximum absolute atomic E-state index is 12.0. The Morgan fingerprint density at radius 3 is 2.35 bits per heavy atom. The zero-order chi connectivity index (χ0) is 16.7. The highest BCUT2D eigenvalue weighted by Crippen LogP contribution is 2.13. The summed E-state index contributed by atoms with van der Waals surface area (Å²) in [6.07, 6.45) is 0.884. The smallest absolute Gasteiger partial charge is 0.319 e. The normalized spacial score (nSPS) is 12.0. The highest BCUT2D eigenvalue weighted by Gasteiger charge is 2.13. The number of carbonyl (C=O) groups is 1. The first kappa shape index (κ1) is 17.3. The van der Waals surface area contributed by atoms with Gasteiger partial charge in [-0.15, -0.1) is 0 Å². The first-order valence-corrected chi connectivity index (χ1v) is 7.93. The lowest BCUT2D eigenvalue weighted by Gasteiger charge is -2.24. The summed E-state index contributed by atoms with van der Waals surface area (Å²) in [6.45, 7) is 0.571. The molecule has 0 bridgehead atoms. The number of nitrogens with zero attached hydrogens (tertiary/aromatic N) is 1. The minimum atomic E-state index is -0.216. The molecule has 5 heteroatoms. The Kier molecular flexibility index (Phi) is 6.44. The Balaban J connectivity index is 1.85. The minimum Gasteiger partial charge on any atom is -0.336 e. The van der Waals surface area contributed by atoms with Gasteiger partial charge in [0.15, 0.2) is 0 Å². The molecule has 0 fully saturated rings. The summed E-state index contributed by atoms with van der Waals surface area (Å²) in [6, 6.07) is 17.3. The van der Waals surface area contributed by atoms with E-state index in [0.29, 0.717) is 11.6 Å². The van der Waals surface area contributed by atoms with Gasteiger partial charge in [-0.3, -0.25) is 0 Å². The zero-order valence-corrected chi connectivity index (χ0v) is 14.2. The van der Waals surface area contributed by atoms with Crippen molar-refractivity contribution in [2.24, 2.45) is 0 Å². The number of hydrogen-bond donors (Lipinski definition) is 2. The van der Waals surface area contributed by atoms with Crippen molar-refractivity contribution in [3.8, 4) is 0 Å². The summed E-state index contributed by atoms with van der Waals surface area (Å²) >= 11 is 5.83. The van der Waals surface area contributed by atoms with Crippen LogP contribution in [-0.4, -0.2) is 37.6 Å². The molecule has 0 aliphatic rings. The fourth-order valence-corrected chi connectivity index (χ4v) is 2.37. The molecule has 0 heterocycles. The number of rotatable bonds is 6. The van der Waals surface area contributed by atoms with Gasteiger partial charge in [0.1, 0.15) is 0 Å². The molecule has 2 aromatic carbocycles. The molecule has 23 heavy (non-hydrogen) atoms. The van der Waals surface area contributed by atoms with Crippen LogP contribution in [-0.2, 0) is 6.42 Å². The lowest BCUT2D eigenvalue weighted by atomic mass is 10.1. The van der Waals surface area contributed by atoms with E-state index in [1.807, 2.05) is 32.3 Å². The molecule has 122 valence electrons. The molecule has 2 N–H and O–H groups in total. The molecular weight excluding hydrogens is 310 g/mol. The third-order valence-corrected chi connectivity index (χ3v) is 3.90. The van der Waals surface area contributed by atoms with E-state index >= 15 is 0 Å². The van der Waals surface area contributed by atoms with Crippen LogP contribution >= 0.6 is 11.6 Å². The predicted molar refractivity (Wildman–Crippen MR) is 96.1 cm³/mol. The third-order valence-electron chi connectivity index (χ3n) is 3.64. The van der Waals surface area contributed by atoms with Gasteiger partial charge >= 0.3 is 6.03 Å². The second-order valence-corrected chi connectivity index (χ2v) is 6.09. The highest BCUT2D eigenvalue weighted by molar-refractivity contribution is 6.30. The van der Waals surface area contributed by atoms with E-state index < -0.39 is 0 Å². The molecule has 0 aromatic heterocycles. The molecule has 0 saturated heterocycles. The average molecular weight is 332 g/mol. The van der Waals surface area contributed by atoms with Crippen LogP contribution in [0, 0.1) is 0 Å². The Labute approximate surface area is 142 Å². The number of carbonyl (C=O) groups excluding carboxylic acids is 1. The topological polar surface area (TPSA) is 44.4 Å². The summed E-state index contributed by atoms with van der Waals surface area (Å²) in [5, 5.41) is 6.37. The molecule has 2 rings (SSSR count). The zero-order valence-electron chi connectivity index (χ0n) is 13.4. The van der Waals surface area contributed by atoms with Gasteiger partial charge in [-0.05, 0) is 50.3 Å². The highest BCUT2D eigenvalue weighted by atomic mass is 35.5. The van der Waals surface area contributed by atoms with Gasteiger partial charge in [-0.25, -0.2) is 4.79 Å². The van der Waals surface area contributed by atoms with Crippen molar-refractivity contribution in [1.82, 2.24) is 10.2 Å². The Hall–Kier alpha value is -2.04. The minimum absolute atomic E-state index is 0.216. The van der Waals surface area contributed by atoms with Crippen LogP contribution in [0.5, 0.6) is 0 Å². The maximum atomic E-state index is 12.0. The molecule has 0 radical (unpaired) electrons. The second-order valence-electron chi connectivity index (χ2n) is 5.65. The van der Waals surface area contributed by atoms with Crippen LogP contribution in [0.3, 0.4) is 0 Å². The fourth-order valence-electron chi connectivity index (χ4n) is 2.24. The summed E-state index contributed by atoms with van der Waals surface area (Å²) in [5.74, 6) is 0. The van der Waals surface area contributed by atoms with Crippen molar-refractivity contribution < 1.29 is 4.79 Å². The van der Waals surface area contributed by atoms with Gasteiger partial charge in [0.25, 0.3) is 0 Å². The van der Waals surface area contributed by atoms with Gasteiger partial charge in [0.05, 0.1) is 0 Å². The van der Waals surface area contributed by atoms with E-state index in [-0.39, 0.29) is 12.1 Å². The summed E-state index contributed by atoms with van der Waals surface area (Å²) < 4.78 is 0. The molecule has 1 unspecified atom stereocenters. The second kappa shape index (κ2) is 8.56. The summed E-state index contributed by atoms with van der Waals surface area (Å²) in [4.78, 5) is 14.1. The number of nitrogens with one attached hydrogen (secondary N) is 2. The molecule has 2 aromatic rings. The number of amides is 2. The summed E-state index contributed by atoms with van der Waals surface area (Å²) in [7, 11) is 4.04. The standard InChI is InChI=1S/C18H22ClN3O/c1-22(2)17(12-14-6-4-3-5-7-14)13-20-18(23)21-16-10-8-15(19)9-11-16/h3-11,17H,12-13H2,1-2H3,(H2,20,21,23). The van der Waals surface area contributed by atoms with E-state index in [1.165, 1.54) is 5.56 Å². The van der Waals surface area contributed by atoms with Crippen molar-refractivity contribution in [2.45, 2.75) is 12.5 Å². The fraction of sp³-hybridized carbons (Fsp3) is 0.278. The van der Waals surface area contributed by atoms with Crippen LogP contribution in [0.1, 0.15) is 5.56 Å². The largest absolute Gasteiger partial charge is 0.336 e. The quantitative estimate of drug-likeness (QED) is 0.849. The molecule has 1 atom stereocenters. The van der Waals surface area contributed by atoms with Crippen LogP contribution in [0.4, 0.5) is 10.5 Å². The number of halogens is 1. The van der Waals surface area contributed by atoms with E-state index in [1.54, 1.807) is 24.3 Å². The lowest BCUT2D eigenvalue weighted by Crippen LogP contribution is -2.43. The molecule has 4 nitrogen and oxygen atoms in total. The monoisotopic (exact) mass is 331 g/mol. The van der Waals surface area contributed by atoms with E-state index in [9.17, 15) is 4.79 Å². The number of urea groups is 1. The van der Waals surface area contributed by atoms with Crippen molar-refractivity contribution in [2.75, 3.05) is 26.0 Å². The molecule has 0 aliphatic carbocycles. The molecular formula is C18H22ClN3O. The van der Waals surface area contributed by atoms with E-state index in [0.717, 1.165) is 12.1 Å². The van der Waals surface area contributed by atoms with E-state index in [4.69, 9.17) is 11.6 Å². The van der Waals surface area contributed by atoms with Gasteiger partial charge in [-0.1, -0.05) is 41.9 Å². The SMILES string of the molecule is CN(C)C(CNC(=O)Nc1ccc(Cl)cc1)Cc1ccccc1. The van der Waals surface area contributed by atoms with Crippen LogP contribution in [0.25, 0.3) is 0 Å². The van der Waals surface area contributed by atoms with Crippen molar-refractivity contribution in [1.29, 1.82) is 0 Å². The van der Waals surface area contributed by atoms with Gasteiger partial charge in [0, 0.05) is 23.3 Å². The van der Waals surface area contributed by atoms with Gasteiger partial charge in [0.2, 0.25) is 0 Å². The number of benzene rings is 2. The van der Waals surface area contributed by atoms with Crippen molar-refractivity contribution >= 4 is 23.3 Å². The van der Waals surface area contributed by atoms with Gasteiger partial charge in [-0.2, -0.15) is 0 Å². The van der Waals surface area contributed by atoms with Crippen LogP contribution in [0.15, 0.2) is 54.6 Å². The van der Waals surface area contributed by atoms with Gasteiger partial charge < -0.3 is 15.5 Å². The van der Waals surface area contributed by atoms with Crippen molar-refractivity contribution in [3.05, 3.63) is 65.2 Å².